The molecule has 2 aromatic rings. The zero-order chi connectivity index (χ0) is 18.4. The summed E-state index contributed by atoms with van der Waals surface area (Å²) in [7, 11) is 1.35. The second-order valence-electron chi connectivity index (χ2n) is 4.78. The molecular weight excluding hydrogens is 372 g/mol. The summed E-state index contributed by atoms with van der Waals surface area (Å²) in [5.41, 5.74) is 0.423. The van der Waals surface area contributed by atoms with Crippen molar-refractivity contribution in [3.05, 3.63) is 46.0 Å². The Morgan fingerprint density at radius 2 is 2.00 bits per heavy atom. The van der Waals surface area contributed by atoms with Gasteiger partial charge in [-0.05, 0) is 19.1 Å². The van der Waals surface area contributed by atoms with E-state index in [-0.39, 0.29) is 28.0 Å². The van der Waals surface area contributed by atoms with Crippen LogP contribution in [0.25, 0.3) is 0 Å². The number of ether oxygens (including phenoxy) is 2. The van der Waals surface area contributed by atoms with E-state index in [4.69, 9.17) is 32.7 Å². The first-order chi connectivity index (χ1) is 12.0. The maximum Gasteiger partial charge on any atom is 0.319 e. The minimum atomic E-state index is -0.627. The molecule has 1 aromatic heterocycles. The van der Waals surface area contributed by atoms with Crippen molar-refractivity contribution in [1.82, 2.24) is 10.3 Å². The van der Waals surface area contributed by atoms with Gasteiger partial charge < -0.3 is 20.1 Å². The summed E-state index contributed by atoms with van der Waals surface area (Å²) in [6, 6.07) is 3.83. The minimum Gasteiger partial charge on any atom is -0.494 e. The number of pyridine rings is 1. The Hall–Kier alpha value is -2.25. The molecule has 0 saturated heterocycles. The van der Waals surface area contributed by atoms with Crippen molar-refractivity contribution in [2.75, 3.05) is 19.0 Å². The Bertz CT molecular complexity index is 751. The number of rotatable bonds is 6. The van der Waals surface area contributed by atoms with Crippen molar-refractivity contribution in [3.8, 4) is 11.5 Å². The number of hydrogen-bond acceptors (Lipinski definition) is 4. The van der Waals surface area contributed by atoms with E-state index in [0.29, 0.717) is 18.0 Å². The van der Waals surface area contributed by atoms with E-state index in [1.54, 1.807) is 6.92 Å². The van der Waals surface area contributed by atoms with Gasteiger partial charge in [0, 0.05) is 18.0 Å². The summed E-state index contributed by atoms with van der Waals surface area (Å²) in [4.78, 5) is 15.8. The lowest BCUT2D eigenvalue weighted by Crippen LogP contribution is -2.29. The molecule has 0 aliphatic carbocycles. The molecule has 0 bridgehead atoms. The quantitative estimate of drug-likeness (QED) is 0.776. The molecule has 9 heteroatoms. The van der Waals surface area contributed by atoms with Gasteiger partial charge in [0.15, 0.2) is 17.3 Å². The molecule has 0 aliphatic heterocycles. The van der Waals surface area contributed by atoms with Crippen LogP contribution in [0.1, 0.15) is 12.6 Å². The first-order valence-electron chi connectivity index (χ1n) is 7.30. The summed E-state index contributed by atoms with van der Waals surface area (Å²) in [5, 5.41) is 5.59. The van der Waals surface area contributed by atoms with Crippen LogP contribution >= 0.6 is 23.2 Å². The first kappa shape index (κ1) is 19.1. The average Bonchev–Trinajstić information content (AvgIpc) is 2.57. The highest BCUT2D eigenvalue weighted by molar-refractivity contribution is 6.37. The number of amides is 2. The van der Waals surface area contributed by atoms with Crippen LogP contribution in [0.15, 0.2) is 24.4 Å². The van der Waals surface area contributed by atoms with Gasteiger partial charge in [-0.2, -0.15) is 0 Å². The SMILES string of the molecule is CCOc1c(Cl)cc(NC(=O)NCc2nccc(OC)c2F)cc1Cl. The zero-order valence-corrected chi connectivity index (χ0v) is 15.0. The fourth-order valence-electron chi connectivity index (χ4n) is 2.00. The van der Waals surface area contributed by atoms with Crippen molar-refractivity contribution in [3.63, 3.8) is 0 Å². The third-order valence-electron chi connectivity index (χ3n) is 3.11. The normalized spacial score (nSPS) is 10.3. The largest absolute Gasteiger partial charge is 0.494 e. The van der Waals surface area contributed by atoms with E-state index >= 15 is 0 Å². The van der Waals surface area contributed by atoms with Gasteiger partial charge in [0.05, 0.1) is 36.0 Å². The molecule has 2 N–H and O–H groups in total. The lowest BCUT2D eigenvalue weighted by atomic mass is 10.3. The third-order valence-corrected chi connectivity index (χ3v) is 3.67. The van der Waals surface area contributed by atoms with Crippen molar-refractivity contribution < 1.29 is 18.7 Å². The Morgan fingerprint density at radius 1 is 1.32 bits per heavy atom. The Balaban J connectivity index is 2.01. The van der Waals surface area contributed by atoms with Crippen molar-refractivity contribution in [2.45, 2.75) is 13.5 Å². The van der Waals surface area contributed by atoms with Gasteiger partial charge >= 0.3 is 6.03 Å². The van der Waals surface area contributed by atoms with Gasteiger partial charge in [0.1, 0.15) is 0 Å². The number of benzene rings is 1. The molecule has 134 valence electrons. The van der Waals surface area contributed by atoms with E-state index < -0.39 is 11.8 Å². The Morgan fingerprint density at radius 3 is 2.60 bits per heavy atom. The monoisotopic (exact) mass is 387 g/mol. The second-order valence-corrected chi connectivity index (χ2v) is 5.60. The summed E-state index contributed by atoms with van der Waals surface area (Å²) >= 11 is 12.1. The van der Waals surface area contributed by atoms with Gasteiger partial charge in [-0.3, -0.25) is 4.98 Å². The number of aromatic nitrogens is 1. The number of anilines is 1. The smallest absolute Gasteiger partial charge is 0.319 e. The molecule has 0 spiro atoms. The molecule has 25 heavy (non-hydrogen) atoms. The summed E-state index contributed by atoms with van der Waals surface area (Å²) in [6.45, 7) is 2.09. The zero-order valence-electron chi connectivity index (χ0n) is 13.5. The van der Waals surface area contributed by atoms with Crippen LogP contribution < -0.4 is 20.1 Å². The molecule has 6 nitrogen and oxygen atoms in total. The summed E-state index contributed by atoms with van der Waals surface area (Å²) in [5.74, 6) is -0.228. The number of nitrogens with one attached hydrogen (secondary N) is 2. The van der Waals surface area contributed by atoms with Gasteiger partial charge in [0.25, 0.3) is 0 Å². The fraction of sp³-hybridized carbons (Fsp3) is 0.250. The highest BCUT2D eigenvalue weighted by Crippen LogP contribution is 2.35. The van der Waals surface area contributed by atoms with Crippen LogP contribution in [0.3, 0.4) is 0 Å². The standard InChI is InChI=1S/C16H16Cl2FN3O3/c1-3-25-15-10(17)6-9(7-11(15)18)22-16(23)21-8-12-14(19)13(24-2)4-5-20-12/h4-7H,3,8H2,1-2H3,(H2,21,22,23). The van der Waals surface area contributed by atoms with Gasteiger partial charge in [0.2, 0.25) is 0 Å². The van der Waals surface area contributed by atoms with Crippen molar-refractivity contribution in [1.29, 1.82) is 0 Å². The third kappa shape index (κ3) is 4.87. The van der Waals surface area contributed by atoms with Crippen LogP contribution in [0.5, 0.6) is 11.5 Å². The first-order valence-corrected chi connectivity index (χ1v) is 8.05. The molecular formula is C16H16Cl2FN3O3. The van der Waals surface area contributed by atoms with Crippen LogP contribution in [0.4, 0.5) is 14.9 Å². The molecule has 0 saturated carbocycles. The fourth-order valence-corrected chi connectivity index (χ4v) is 2.60. The molecule has 1 heterocycles. The maximum atomic E-state index is 14.0. The van der Waals surface area contributed by atoms with E-state index in [1.807, 2.05) is 0 Å². The molecule has 0 atom stereocenters. The molecule has 2 amide bonds. The van der Waals surface area contributed by atoms with E-state index in [1.165, 1.54) is 31.5 Å². The second kappa shape index (κ2) is 8.73. The predicted octanol–water partition coefficient (Wildman–Crippen LogP) is 4.26. The number of carbonyl (C=O) groups is 1. The van der Waals surface area contributed by atoms with Crippen LogP contribution in [0.2, 0.25) is 10.0 Å². The number of methoxy groups -OCH3 is 1. The number of nitrogens with zero attached hydrogens (tertiary/aromatic N) is 1. The number of urea groups is 1. The highest BCUT2D eigenvalue weighted by atomic mass is 35.5. The Labute approximate surface area is 154 Å². The molecule has 0 radical (unpaired) electrons. The topological polar surface area (TPSA) is 72.5 Å². The van der Waals surface area contributed by atoms with Crippen molar-refractivity contribution >= 4 is 34.9 Å². The van der Waals surface area contributed by atoms with Gasteiger partial charge in [-0.25, -0.2) is 9.18 Å². The summed E-state index contributed by atoms with van der Waals surface area (Å²) < 4.78 is 24.1. The number of carbonyl (C=O) groups excluding carboxylic acids is 1. The summed E-state index contributed by atoms with van der Waals surface area (Å²) in [6.07, 6.45) is 1.39. The van der Waals surface area contributed by atoms with Crippen LogP contribution in [-0.2, 0) is 6.54 Å². The molecule has 0 aliphatic rings. The lowest BCUT2D eigenvalue weighted by molar-refractivity contribution is 0.251. The van der Waals surface area contributed by atoms with Crippen LogP contribution in [0, 0.1) is 5.82 Å². The average molecular weight is 388 g/mol. The molecule has 1 aromatic carbocycles. The van der Waals surface area contributed by atoms with Gasteiger partial charge in [-0.15, -0.1) is 0 Å². The van der Waals surface area contributed by atoms with Crippen molar-refractivity contribution in [2.24, 2.45) is 0 Å². The highest BCUT2D eigenvalue weighted by Gasteiger charge is 2.13. The molecule has 0 fully saturated rings. The van der Waals surface area contributed by atoms with Gasteiger partial charge in [-0.1, -0.05) is 23.2 Å². The predicted molar refractivity (Wildman–Crippen MR) is 94.2 cm³/mol. The number of hydrogen-bond donors (Lipinski definition) is 2. The van der Waals surface area contributed by atoms with E-state index in [0.717, 1.165) is 0 Å². The molecule has 0 unspecified atom stereocenters. The maximum absolute atomic E-state index is 14.0. The van der Waals surface area contributed by atoms with Crippen LogP contribution in [-0.4, -0.2) is 24.7 Å². The van der Waals surface area contributed by atoms with E-state index in [9.17, 15) is 9.18 Å². The minimum absolute atomic E-state index is 0.0530. The molecule has 2 rings (SSSR count). The lowest BCUT2D eigenvalue weighted by Gasteiger charge is -2.12. The van der Waals surface area contributed by atoms with E-state index in [2.05, 4.69) is 15.6 Å². The Kier molecular flexibility index (Phi) is 6.66. The number of halogens is 3.